The van der Waals surface area contributed by atoms with Gasteiger partial charge in [0.05, 0.1) is 5.69 Å². The number of nitrogens with one attached hydrogen (secondary N) is 1. The molecule has 0 saturated heterocycles. The zero-order valence-electron chi connectivity index (χ0n) is 10.4. The lowest BCUT2D eigenvalue weighted by atomic mass is 10.1. The first-order chi connectivity index (χ1) is 7.17. The van der Waals surface area contributed by atoms with Crippen LogP contribution in [-0.4, -0.2) is 15.6 Å². The molecule has 1 N–H and O–H groups in total. The van der Waals surface area contributed by atoms with Crippen molar-refractivity contribution in [3.63, 3.8) is 0 Å². The van der Waals surface area contributed by atoms with Gasteiger partial charge in [-0.15, -0.1) is 0 Å². The van der Waals surface area contributed by atoms with Crippen LogP contribution in [-0.2, 0) is 6.54 Å². The molecule has 3 heteroatoms. The van der Waals surface area contributed by atoms with Crippen molar-refractivity contribution < 1.29 is 0 Å². The second kappa shape index (κ2) is 5.79. The normalized spacial score (nSPS) is 12.8. The van der Waals surface area contributed by atoms with E-state index in [2.05, 4.69) is 41.8 Å². The quantitative estimate of drug-likeness (QED) is 0.779. The molecule has 0 aromatic carbocycles. The van der Waals surface area contributed by atoms with Crippen molar-refractivity contribution in [1.29, 1.82) is 0 Å². The molecule has 1 rings (SSSR count). The van der Waals surface area contributed by atoms with Crippen LogP contribution in [0.2, 0.25) is 0 Å². The van der Waals surface area contributed by atoms with Crippen LogP contribution in [0.3, 0.4) is 0 Å². The average molecular weight is 209 g/mol. The summed E-state index contributed by atoms with van der Waals surface area (Å²) in [6.45, 7) is 9.60. The molecule has 0 aliphatic rings. The summed E-state index contributed by atoms with van der Waals surface area (Å²) in [6.07, 6.45) is 5.84. The first kappa shape index (κ1) is 12.1. The Hall–Kier alpha value is -0.990. The molecule has 15 heavy (non-hydrogen) atoms. The standard InChI is InChI=1S/C12H23N3/c1-5-7-8-10(3)13-12-14-11(4)9-15(12)6-2/h9-10H,5-8H2,1-4H3,(H,13,14). The van der Waals surface area contributed by atoms with Crippen LogP contribution < -0.4 is 5.32 Å². The second-order valence-electron chi connectivity index (χ2n) is 4.18. The summed E-state index contributed by atoms with van der Waals surface area (Å²) < 4.78 is 2.16. The molecule has 3 nitrogen and oxygen atoms in total. The highest BCUT2D eigenvalue weighted by Gasteiger charge is 2.07. The van der Waals surface area contributed by atoms with E-state index in [4.69, 9.17) is 0 Å². The van der Waals surface area contributed by atoms with Crippen LogP contribution >= 0.6 is 0 Å². The van der Waals surface area contributed by atoms with Crippen LogP contribution in [0, 0.1) is 6.92 Å². The van der Waals surface area contributed by atoms with E-state index < -0.39 is 0 Å². The molecular weight excluding hydrogens is 186 g/mol. The summed E-state index contributed by atoms with van der Waals surface area (Å²) in [6, 6.07) is 0.511. The highest BCUT2D eigenvalue weighted by atomic mass is 15.2. The van der Waals surface area contributed by atoms with E-state index in [1.165, 1.54) is 19.3 Å². The smallest absolute Gasteiger partial charge is 0.203 e. The van der Waals surface area contributed by atoms with Crippen LogP contribution in [0.25, 0.3) is 0 Å². The molecule has 1 unspecified atom stereocenters. The number of aryl methyl sites for hydroxylation is 2. The van der Waals surface area contributed by atoms with Crippen molar-refractivity contribution in [3.05, 3.63) is 11.9 Å². The molecule has 0 fully saturated rings. The number of unbranched alkanes of at least 4 members (excludes halogenated alkanes) is 1. The summed E-state index contributed by atoms with van der Waals surface area (Å²) in [5.74, 6) is 1.01. The number of aromatic nitrogens is 2. The number of anilines is 1. The summed E-state index contributed by atoms with van der Waals surface area (Å²) in [4.78, 5) is 4.48. The summed E-state index contributed by atoms with van der Waals surface area (Å²) in [7, 11) is 0. The Balaban J connectivity index is 2.54. The van der Waals surface area contributed by atoms with Gasteiger partial charge in [0.1, 0.15) is 0 Å². The lowest BCUT2D eigenvalue weighted by Gasteiger charge is -2.14. The van der Waals surface area contributed by atoms with Crippen LogP contribution in [0.15, 0.2) is 6.20 Å². The molecule has 0 aliphatic carbocycles. The zero-order valence-corrected chi connectivity index (χ0v) is 10.4. The Kier molecular flexibility index (Phi) is 4.66. The lowest BCUT2D eigenvalue weighted by molar-refractivity contribution is 0.632. The van der Waals surface area contributed by atoms with E-state index in [1.54, 1.807) is 0 Å². The van der Waals surface area contributed by atoms with Crippen molar-refractivity contribution in [2.45, 2.75) is 59.5 Å². The molecule has 0 bridgehead atoms. The Labute approximate surface area is 92.9 Å². The van der Waals surface area contributed by atoms with Gasteiger partial charge in [0.25, 0.3) is 0 Å². The van der Waals surface area contributed by atoms with Crippen LogP contribution in [0.4, 0.5) is 5.95 Å². The Morgan fingerprint density at radius 2 is 2.20 bits per heavy atom. The number of nitrogens with zero attached hydrogens (tertiary/aromatic N) is 2. The van der Waals surface area contributed by atoms with Crippen molar-refractivity contribution >= 4 is 5.95 Å². The maximum absolute atomic E-state index is 4.48. The summed E-state index contributed by atoms with van der Waals surface area (Å²) >= 11 is 0. The van der Waals surface area contributed by atoms with Crippen molar-refractivity contribution in [3.8, 4) is 0 Å². The fourth-order valence-electron chi connectivity index (χ4n) is 1.71. The minimum Gasteiger partial charge on any atom is -0.353 e. The van der Waals surface area contributed by atoms with Gasteiger partial charge in [0, 0.05) is 18.8 Å². The molecule has 1 aromatic heterocycles. The van der Waals surface area contributed by atoms with Gasteiger partial charge in [-0.2, -0.15) is 0 Å². The van der Waals surface area contributed by atoms with Crippen molar-refractivity contribution in [2.75, 3.05) is 5.32 Å². The predicted octanol–water partition coefficient (Wildman–Crippen LogP) is 3.20. The average Bonchev–Trinajstić information content (AvgIpc) is 2.55. The zero-order chi connectivity index (χ0) is 11.3. The van der Waals surface area contributed by atoms with Crippen molar-refractivity contribution in [2.24, 2.45) is 0 Å². The molecule has 0 radical (unpaired) electrons. The number of rotatable bonds is 6. The van der Waals surface area contributed by atoms with E-state index in [1.807, 2.05) is 6.92 Å². The summed E-state index contributed by atoms with van der Waals surface area (Å²) in [5, 5.41) is 3.47. The molecular formula is C12H23N3. The third-order valence-corrected chi connectivity index (χ3v) is 2.60. The maximum atomic E-state index is 4.48. The molecule has 1 atom stereocenters. The van der Waals surface area contributed by atoms with Gasteiger partial charge in [0.15, 0.2) is 0 Å². The highest BCUT2D eigenvalue weighted by Crippen LogP contribution is 2.11. The number of hydrogen-bond donors (Lipinski definition) is 1. The van der Waals surface area contributed by atoms with E-state index in [9.17, 15) is 0 Å². The van der Waals surface area contributed by atoms with Gasteiger partial charge < -0.3 is 9.88 Å². The third kappa shape index (κ3) is 3.57. The van der Waals surface area contributed by atoms with Gasteiger partial charge >= 0.3 is 0 Å². The molecule has 1 aromatic rings. The predicted molar refractivity (Wildman–Crippen MR) is 65.2 cm³/mol. The van der Waals surface area contributed by atoms with Gasteiger partial charge in [-0.1, -0.05) is 19.8 Å². The van der Waals surface area contributed by atoms with Gasteiger partial charge in [0.2, 0.25) is 5.95 Å². The monoisotopic (exact) mass is 209 g/mol. The number of hydrogen-bond acceptors (Lipinski definition) is 2. The Morgan fingerprint density at radius 3 is 2.80 bits per heavy atom. The molecule has 86 valence electrons. The van der Waals surface area contributed by atoms with Crippen LogP contribution in [0.1, 0.15) is 45.7 Å². The van der Waals surface area contributed by atoms with Gasteiger partial charge in [-0.05, 0) is 27.2 Å². The topological polar surface area (TPSA) is 29.9 Å². The molecule has 0 aliphatic heterocycles. The van der Waals surface area contributed by atoms with E-state index >= 15 is 0 Å². The fourth-order valence-corrected chi connectivity index (χ4v) is 1.71. The van der Waals surface area contributed by atoms with Gasteiger partial charge in [-0.3, -0.25) is 0 Å². The van der Waals surface area contributed by atoms with Crippen LogP contribution in [0.5, 0.6) is 0 Å². The Bertz CT molecular complexity index is 291. The maximum Gasteiger partial charge on any atom is 0.203 e. The van der Waals surface area contributed by atoms with E-state index in [0.717, 1.165) is 18.2 Å². The van der Waals surface area contributed by atoms with Gasteiger partial charge in [-0.25, -0.2) is 4.98 Å². The molecule has 0 amide bonds. The van der Waals surface area contributed by atoms with Crippen molar-refractivity contribution in [1.82, 2.24) is 9.55 Å². The minimum absolute atomic E-state index is 0.511. The molecule has 1 heterocycles. The fraction of sp³-hybridized carbons (Fsp3) is 0.750. The van der Waals surface area contributed by atoms with E-state index in [0.29, 0.717) is 6.04 Å². The largest absolute Gasteiger partial charge is 0.353 e. The SMILES string of the molecule is CCCCC(C)Nc1nc(C)cn1CC. The van der Waals surface area contributed by atoms with E-state index in [-0.39, 0.29) is 0 Å². The first-order valence-corrected chi connectivity index (χ1v) is 5.97. The highest BCUT2D eigenvalue weighted by molar-refractivity contribution is 5.29. The molecule has 0 saturated carbocycles. The third-order valence-electron chi connectivity index (χ3n) is 2.60. The first-order valence-electron chi connectivity index (χ1n) is 5.97. The Morgan fingerprint density at radius 1 is 1.47 bits per heavy atom. The second-order valence-corrected chi connectivity index (χ2v) is 4.18. The lowest BCUT2D eigenvalue weighted by Crippen LogP contribution is -2.18. The minimum atomic E-state index is 0.511. The number of imidazole rings is 1. The molecule has 0 spiro atoms. The summed E-state index contributed by atoms with van der Waals surface area (Å²) in [5.41, 5.74) is 1.09.